The molecule has 0 aromatic heterocycles. The highest BCUT2D eigenvalue weighted by Crippen LogP contribution is 2.52. The third-order valence-corrected chi connectivity index (χ3v) is 8.86. The van der Waals surface area contributed by atoms with Crippen molar-refractivity contribution in [1.82, 2.24) is 21.5 Å². The average molecular weight is 505 g/mol. The van der Waals surface area contributed by atoms with Crippen LogP contribution in [0.15, 0.2) is 91.0 Å². The molecule has 176 valence electrons. The van der Waals surface area contributed by atoms with Crippen molar-refractivity contribution in [1.29, 1.82) is 0 Å². The molecule has 8 nitrogen and oxygen atoms in total. The Labute approximate surface area is 203 Å². The predicted octanol–water partition coefficient (Wildman–Crippen LogP) is 4.42. The highest BCUT2D eigenvalue weighted by molar-refractivity contribution is 7.65. The summed E-state index contributed by atoms with van der Waals surface area (Å²) in [4.78, 5) is 0. The van der Waals surface area contributed by atoms with Gasteiger partial charge in [-0.1, -0.05) is 66.7 Å². The van der Waals surface area contributed by atoms with E-state index in [-0.39, 0.29) is 5.75 Å². The second-order valence-corrected chi connectivity index (χ2v) is 11.2. The molecule has 0 aliphatic carbocycles. The summed E-state index contributed by atoms with van der Waals surface area (Å²) in [5, 5.41) is 16.7. The van der Waals surface area contributed by atoms with Gasteiger partial charge in [0.2, 0.25) is 5.30 Å². The number of fused-ring (bicyclic) bond motifs is 3. The first kappa shape index (κ1) is 23.4. The van der Waals surface area contributed by atoms with E-state index < -0.39 is 15.5 Å². The zero-order valence-electron chi connectivity index (χ0n) is 18.7. The molecule has 4 aromatic rings. The Bertz CT molecular complexity index is 1480. The van der Waals surface area contributed by atoms with E-state index in [1.807, 2.05) is 49.4 Å². The van der Waals surface area contributed by atoms with Gasteiger partial charge in [0.05, 0.1) is 5.30 Å². The van der Waals surface area contributed by atoms with Crippen molar-refractivity contribution in [2.75, 3.05) is 0 Å². The van der Waals surface area contributed by atoms with Gasteiger partial charge < -0.3 is 9.63 Å². The number of phenolic OH excluding ortho intramolecular Hbond substituents is 1. The lowest BCUT2D eigenvalue weighted by atomic mass is 10.0. The molecule has 10 heteroatoms. The summed E-state index contributed by atoms with van der Waals surface area (Å²) in [5.74, 6) is 0.608. The molecule has 0 spiro atoms. The van der Waals surface area contributed by atoms with Crippen LogP contribution in [0, 0.1) is 6.92 Å². The first-order valence-corrected chi connectivity index (χ1v) is 13.7. The molecule has 1 aliphatic rings. The fourth-order valence-corrected chi connectivity index (χ4v) is 6.97. The summed E-state index contributed by atoms with van der Waals surface area (Å²) in [6, 6.07) is 27.1. The molecule has 0 amide bonds. The van der Waals surface area contributed by atoms with E-state index in [9.17, 15) is 14.2 Å². The van der Waals surface area contributed by atoms with Gasteiger partial charge in [-0.15, -0.1) is 5.53 Å². The van der Waals surface area contributed by atoms with Crippen molar-refractivity contribution in [3.63, 3.8) is 0 Å². The largest absolute Gasteiger partial charge is 0.507 e. The van der Waals surface area contributed by atoms with Crippen molar-refractivity contribution >= 4 is 26.1 Å². The Morgan fingerprint density at radius 2 is 1.43 bits per heavy atom. The quantitative estimate of drug-likeness (QED) is 0.143. The van der Waals surface area contributed by atoms with Crippen LogP contribution in [0.25, 0.3) is 22.3 Å². The monoisotopic (exact) mass is 505 g/mol. The summed E-state index contributed by atoms with van der Waals surface area (Å²) in [6.45, 7) is 1.88. The Balaban J connectivity index is 1.31. The third-order valence-electron chi connectivity index (χ3n) is 5.68. The van der Waals surface area contributed by atoms with Crippen LogP contribution in [0.5, 0.6) is 11.5 Å². The Kier molecular flexibility index (Phi) is 6.50. The van der Waals surface area contributed by atoms with Crippen molar-refractivity contribution in [2.24, 2.45) is 0 Å². The molecule has 0 radical (unpaired) electrons. The van der Waals surface area contributed by atoms with Crippen LogP contribution < -0.4 is 36.6 Å². The Hall–Kier alpha value is -3.35. The number of benzene rings is 4. The van der Waals surface area contributed by atoms with Crippen LogP contribution in [-0.2, 0) is 9.13 Å². The fraction of sp³-hybridized carbons (Fsp3) is 0.0400. The van der Waals surface area contributed by atoms with E-state index in [1.54, 1.807) is 48.5 Å². The lowest BCUT2D eigenvalue weighted by molar-refractivity contribution is 0.425. The third kappa shape index (κ3) is 4.51. The van der Waals surface area contributed by atoms with Gasteiger partial charge in [0.25, 0.3) is 0 Å². The maximum Gasteiger partial charge on any atom is 0.488 e. The lowest BCUT2D eigenvalue weighted by Crippen LogP contribution is -2.49. The molecule has 5 rings (SSSR count). The summed E-state index contributed by atoms with van der Waals surface area (Å²) < 4.78 is 32.8. The van der Waals surface area contributed by atoms with Crippen LogP contribution in [0.1, 0.15) is 5.56 Å². The number of para-hydroxylation sites is 2. The van der Waals surface area contributed by atoms with Gasteiger partial charge in [0, 0.05) is 22.3 Å². The molecule has 4 aromatic carbocycles. The number of phenols is 1. The number of rotatable bonds is 7. The van der Waals surface area contributed by atoms with E-state index in [1.165, 1.54) is 0 Å². The van der Waals surface area contributed by atoms with Gasteiger partial charge in [-0.25, -0.2) is 0 Å². The molecule has 0 saturated heterocycles. The molecule has 2 unspecified atom stereocenters. The standard InChI is InChI=1S/C25H22N4O4P2/c1-17-9-8-13-21-19-11-3-6-15-23(19)33-35(32,25(17)21)29-27-26-28-34(31)24-16-7-4-12-20(24)18-10-2-5-14-22(18)30/h2-16,26-27H,1H3,(H2-,28,29,30,31,32)/p+1. The van der Waals surface area contributed by atoms with Crippen LogP contribution in [0.2, 0.25) is 0 Å². The predicted molar refractivity (Wildman–Crippen MR) is 138 cm³/mol. The van der Waals surface area contributed by atoms with E-state index in [0.29, 0.717) is 27.5 Å². The molecule has 2 atom stereocenters. The molecule has 0 fully saturated rings. The smallest absolute Gasteiger partial charge is 0.488 e. The van der Waals surface area contributed by atoms with Crippen molar-refractivity contribution in [2.45, 2.75) is 6.92 Å². The van der Waals surface area contributed by atoms with Crippen LogP contribution in [0.3, 0.4) is 0 Å². The summed E-state index contributed by atoms with van der Waals surface area (Å²) in [7, 11) is -5.70. The number of nitrogens with one attached hydrogen (secondary N) is 4. The lowest BCUT2D eigenvalue weighted by Gasteiger charge is -2.29. The number of hydrogen-bond acceptors (Lipinski definition) is 6. The topological polar surface area (TPSA) is 112 Å². The van der Waals surface area contributed by atoms with Crippen LogP contribution >= 0.6 is 15.5 Å². The van der Waals surface area contributed by atoms with Crippen molar-refractivity contribution in [3.8, 4) is 33.8 Å². The summed E-state index contributed by atoms with van der Waals surface area (Å²) in [5.41, 5.74) is 8.99. The van der Waals surface area contributed by atoms with Crippen molar-refractivity contribution < 1.29 is 18.8 Å². The molecule has 0 saturated carbocycles. The highest BCUT2D eigenvalue weighted by atomic mass is 31.2. The number of aromatic hydroxyl groups is 1. The first-order chi connectivity index (χ1) is 17.0. The minimum Gasteiger partial charge on any atom is -0.507 e. The van der Waals surface area contributed by atoms with E-state index >= 15 is 0 Å². The Morgan fingerprint density at radius 3 is 2.23 bits per heavy atom. The summed E-state index contributed by atoms with van der Waals surface area (Å²) >= 11 is 0. The van der Waals surface area contributed by atoms with E-state index in [0.717, 1.165) is 16.7 Å². The van der Waals surface area contributed by atoms with Gasteiger partial charge >= 0.3 is 15.5 Å². The Morgan fingerprint density at radius 1 is 0.771 bits per heavy atom. The van der Waals surface area contributed by atoms with Gasteiger partial charge in [0.15, 0.2) is 0 Å². The van der Waals surface area contributed by atoms with E-state index in [2.05, 4.69) is 21.5 Å². The number of hydrazine groups is 3. The second kappa shape index (κ2) is 9.72. The zero-order valence-corrected chi connectivity index (χ0v) is 20.5. The SMILES string of the molecule is Cc1cccc2c1P(=O)(NNNN[P+](=O)c1ccccc1-c1ccccc1O)Oc1ccccc1-2. The average Bonchev–Trinajstić information content (AvgIpc) is 2.87. The van der Waals surface area contributed by atoms with Gasteiger partial charge in [0.1, 0.15) is 11.5 Å². The molecular weight excluding hydrogens is 482 g/mol. The number of aryl methyl sites for hydroxylation is 1. The van der Waals surface area contributed by atoms with Crippen LogP contribution in [0.4, 0.5) is 0 Å². The van der Waals surface area contributed by atoms with Gasteiger partial charge in [-0.05, 0) is 46.5 Å². The van der Waals surface area contributed by atoms with Gasteiger partial charge in [-0.2, -0.15) is 10.7 Å². The molecule has 1 aliphatic heterocycles. The minimum absolute atomic E-state index is 0.0953. The second-order valence-electron chi connectivity index (χ2n) is 7.91. The zero-order chi connectivity index (χ0) is 24.4. The summed E-state index contributed by atoms with van der Waals surface area (Å²) in [6.07, 6.45) is 0. The van der Waals surface area contributed by atoms with Gasteiger partial charge in [-0.3, -0.25) is 4.57 Å². The fourth-order valence-electron chi connectivity index (χ4n) is 4.12. The van der Waals surface area contributed by atoms with E-state index in [4.69, 9.17) is 4.52 Å². The molecule has 35 heavy (non-hydrogen) atoms. The molecule has 0 bridgehead atoms. The normalized spacial score (nSPS) is 16.7. The molecule has 1 heterocycles. The maximum absolute atomic E-state index is 13.9. The first-order valence-electron chi connectivity index (χ1n) is 10.8. The van der Waals surface area contributed by atoms with Crippen molar-refractivity contribution in [3.05, 3.63) is 96.6 Å². The van der Waals surface area contributed by atoms with Crippen LogP contribution in [-0.4, -0.2) is 5.11 Å². The molecule has 5 N–H and O–H groups in total. The molecular formula is C25H23N4O4P2+. The minimum atomic E-state index is -3.56. The number of hydrogen-bond donors (Lipinski definition) is 5. The highest BCUT2D eigenvalue weighted by Gasteiger charge is 2.37. The maximum atomic E-state index is 13.9.